The molecule has 0 spiro atoms. The average molecular weight is 164 g/mol. The van der Waals surface area contributed by atoms with E-state index in [9.17, 15) is 0 Å². The van der Waals surface area contributed by atoms with Crippen LogP contribution in [0.25, 0.3) is 11.1 Å². The normalized spacial score (nSPS) is 10.4. The first-order valence-corrected chi connectivity index (χ1v) is 3.50. The van der Waals surface area contributed by atoms with E-state index in [4.69, 9.17) is 14.9 Å². The number of ether oxygens (including phenoxy) is 1. The number of methoxy groups -OCH3 is 1. The molecule has 1 heterocycles. The monoisotopic (exact) mass is 164 g/mol. The van der Waals surface area contributed by atoms with Crippen LogP contribution in [-0.4, -0.2) is 12.1 Å². The van der Waals surface area contributed by atoms with Crippen LogP contribution in [0.4, 0.5) is 5.69 Å². The summed E-state index contributed by atoms with van der Waals surface area (Å²) < 4.78 is 10.0. The summed E-state index contributed by atoms with van der Waals surface area (Å²) in [6.07, 6.45) is 0.239. The average Bonchev–Trinajstić information content (AvgIpc) is 2.49. The molecule has 2 rings (SSSR count). The number of anilines is 1. The van der Waals surface area contributed by atoms with Crippen LogP contribution in [0, 0.1) is 0 Å². The van der Waals surface area contributed by atoms with Gasteiger partial charge >= 0.3 is 6.08 Å². The second-order valence-corrected chi connectivity index (χ2v) is 2.38. The molecule has 62 valence electrons. The third kappa shape index (κ3) is 0.887. The Labute approximate surface area is 68.9 Å². The van der Waals surface area contributed by atoms with Crippen molar-refractivity contribution in [3.63, 3.8) is 0 Å². The van der Waals surface area contributed by atoms with Crippen molar-refractivity contribution in [3.05, 3.63) is 18.2 Å². The molecule has 0 fully saturated rings. The summed E-state index contributed by atoms with van der Waals surface area (Å²) in [5, 5.41) is 0. The van der Waals surface area contributed by atoms with Gasteiger partial charge in [0.05, 0.1) is 12.8 Å². The van der Waals surface area contributed by atoms with E-state index in [1.807, 2.05) is 12.1 Å². The minimum Gasteiger partial charge on any atom is -0.453 e. The van der Waals surface area contributed by atoms with Gasteiger partial charge in [0.2, 0.25) is 0 Å². The molecular formula is C8H8N2O2. The van der Waals surface area contributed by atoms with E-state index >= 15 is 0 Å². The molecule has 0 saturated heterocycles. The van der Waals surface area contributed by atoms with Gasteiger partial charge in [-0.15, -0.1) is 0 Å². The van der Waals surface area contributed by atoms with E-state index in [2.05, 4.69) is 4.98 Å². The predicted molar refractivity (Wildman–Crippen MR) is 45.0 cm³/mol. The fourth-order valence-corrected chi connectivity index (χ4v) is 1.04. The van der Waals surface area contributed by atoms with Crippen LogP contribution < -0.4 is 10.5 Å². The molecule has 0 aliphatic carbocycles. The van der Waals surface area contributed by atoms with Crippen LogP contribution in [0.5, 0.6) is 6.08 Å². The number of nitrogens with zero attached hydrogens (tertiary/aromatic N) is 1. The number of hydrogen-bond acceptors (Lipinski definition) is 4. The number of rotatable bonds is 1. The van der Waals surface area contributed by atoms with E-state index in [0.29, 0.717) is 16.8 Å². The molecule has 0 aliphatic rings. The molecule has 1 aromatic heterocycles. The second kappa shape index (κ2) is 2.41. The van der Waals surface area contributed by atoms with Crippen molar-refractivity contribution in [1.82, 2.24) is 4.98 Å². The van der Waals surface area contributed by atoms with Gasteiger partial charge in [0.1, 0.15) is 5.52 Å². The van der Waals surface area contributed by atoms with Crippen LogP contribution in [0.2, 0.25) is 0 Å². The Hall–Kier alpha value is -1.71. The first-order chi connectivity index (χ1) is 5.81. The summed E-state index contributed by atoms with van der Waals surface area (Å²) in [5.41, 5.74) is 7.50. The quantitative estimate of drug-likeness (QED) is 0.647. The van der Waals surface area contributed by atoms with Crippen molar-refractivity contribution < 1.29 is 9.15 Å². The molecule has 0 amide bonds. The van der Waals surface area contributed by atoms with Crippen molar-refractivity contribution in [2.75, 3.05) is 12.8 Å². The third-order valence-corrected chi connectivity index (χ3v) is 1.60. The Morgan fingerprint density at radius 1 is 1.50 bits per heavy atom. The number of fused-ring (bicyclic) bond motifs is 1. The molecule has 0 saturated carbocycles. The number of benzene rings is 1. The van der Waals surface area contributed by atoms with Crippen molar-refractivity contribution >= 4 is 16.8 Å². The van der Waals surface area contributed by atoms with Crippen molar-refractivity contribution in [2.45, 2.75) is 0 Å². The van der Waals surface area contributed by atoms with Gasteiger partial charge in [-0.05, 0) is 12.1 Å². The van der Waals surface area contributed by atoms with Crippen LogP contribution in [0.3, 0.4) is 0 Å². The minimum absolute atomic E-state index is 0.239. The van der Waals surface area contributed by atoms with Crippen molar-refractivity contribution in [3.8, 4) is 6.08 Å². The molecule has 0 unspecified atom stereocenters. The zero-order valence-electron chi connectivity index (χ0n) is 6.57. The molecule has 2 N–H and O–H groups in total. The van der Waals surface area contributed by atoms with Crippen molar-refractivity contribution in [2.24, 2.45) is 0 Å². The van der Waals surface area contributed by atoms with Gasteiger partial charge in [0.25, 0.3) is 0 Å². The highest BCUT2D eigenvalue weighted by Crippen LogP contribution is 2.24. The van der Waals surface area contributed by atoms with Crippen molar-refractivity contribution in [1.29, 1.82) is 0 Å². The standard InChI is InChI=1S/C8H8N2O2/c1-11-8-10-6-4-2-3-5(9)7(6)12-8/h2-4H,9H2,1H3. The molecule has 0 atom stereocenters. The Morgan fingerprint density at radius 3 is 3.00 bits per heavy atom. The minimum atomic E-state index is 0.239. The summed E-state index contributed by atoms with van der Waals surface area (Å²) >= 11 is 0. The summed E-state index contributed by atoms with van der Waals surface area (Å²) in [4.78, 5) is 4.02. The summed E-state index contributed by atoms with van der Waals surface area (Å²) in [7, 11) is 1.50. The lowest BCUT2D eigenvalue weighted by Crippen LogP contribution is -1.82. The van der Waals surface area contributed by atoms with Crippen LogP contribution in [0.15, 0.2) is 22.6 Å². The number of hydrogen-bond donors (Lipinski definition) is 1. The first-order valence-electron chi connectivity index (χ1n) is 3.50. The number of nitrogen functional groups attached to an aromatic ring is 1. The highest BCUT2D eigenvalue weighted by Gasteiger charge is 2.06. The second-order valence-electron chi connectivity index (χ2n) is 2.38. The van der Waals surface area contributed by atoms with Gasteiger partial charge in [-0.1, -0.05) is 6.07 Å². The number of nitrogens with two attached hydrogens (primary N) is 1. The fraction of sp³-hybridized carbons (Fsp3) is 0.125. The molecular weight excluding hydrogens is 156 g/mol. The smallest absolute Gasteiger partial charge is 0.394 e. The van der Waals surface area contributed by atoms with Gasteiger partial charge in [0, 0.05) is 0 Å². The zero-order chi connectivity index (χ0) is 8.55. The van der Waals surface area contributed by atoms with Crippen LogP contribution in [0.1, 0.15) is 0 Å². The fourth-order valence-electron chi connectivity index (χ4n) is 1.04. The Balaban J connectivity index is 2.74. The number of oxazole rings is 1. The lowest BCUT2D eigenvalue weighted by atomic mass is 10.3. The molecule has 4 nitrogen and oxygen atoms in total. The van der Waals surface area contributed by atoms with E-state index < -0.39 is 0 Å². The van der Waals surface area contributed by atoms with E-state index in [-0.39, 0.29) is 6.08 Å². The molecule has 0 bridgehead atoms. The first kappa shape index (κ1) is 6.97. The highest BCUT2D eigenvalue weighted by molar-refractivity contribution is 5.84. The molecule has 0 radical (unpaired) electrons. The lowest BCUT2D eigenvalue weighted by Gasteiger charge is -1.89. The maximum Gasteiger partial charge on any atom is 0.394 e. The van der Waals surface area contributed by atoms with Gasteiger partial charge in [-0.2, -0.15) is 4.98 Å². The lowest BCUT2D eigenvalue weighted by molar-refractivity contribution is 0.300. The number of para-hydroxylation sites is 1. The maximum absolute atomic E-state index is 5.63. The Bertz CT molecular complexity index is 408. The van der Waals surface area contributed by atoms with Gasteiger partial charge in [-0.25, -0.2) is 0 Å². The largest absolute Gasteiger partial charge is 0.453 e. The van der Waals surface area contributed by atoms with E-state index in [1.165, 1.54) is 7.11 Å². The summed E-state index contributed by atoms with van der Waals surface area (Å²) in [6, 6.07) is 5.39. The number of aromatic nitrogens is 1. The third-order valence-electron chi connectivity index (χ3n) is 1.60. The maximum atomic E-state index is 5.63. The molecule has 4 heteroatoms. The summed E-state index contributed by atoms with van der Waals surface area (Å²) in [5.74, 6) is 0. The predicted octanol–water partition coefficient (Wildman–Crippen LogP) is 1.42. The Morgan fingerprint density at radius 2 is 2.33 bits per heavy atom. The highest BCUT2D eigenvalue weighted by atomic mass is 16.6. The summed E-state index contributed by atoms with van der Waals surface area (Å²) in [6.45, 7) is 0. The van der Waals surface area contributed by atoms with Crippen LogP contribution >= 0.6 is 0 Å². The van der Waals surface area contributed by atoms with E-state index in [1.54, 1.807) is 6.07 Å². The zero-order valence-corrected chi connectivity index (χ0v) is 6.57. The van der Waals surface area contributed by atoms with E-state index in [0.717, 1.165) is 0 Å². The molecule has 12 heavy (non-hydrogen) atoms. The molecule has 1 aromatic carbocycles. The van der Waals surface area contributed by atoms with Gasteiger partial charge < -0.3 is 14.9 Å². The SMILES string of the molecule is COc1nc2cccc(N)c2o1. The van der Waals surface area contributed by atoms with Gasteiger partial charge in [-0.3, -0.25) is 0 Å². The van der Waals surface area contributed by atoms with Crippen LogP contribution in [-0.2, 0) is 0 Å². The Kier molecular flexibility index (Phi) is 1.40. The molecule has 0 aliphatic heterocycles. The molecule has 2 aromatic rings. The topological polar surface area (TPSA) is 61.3 Å². The van der Waals surface area contributed by atoms with Gasteiger partial charge in [0.15, 0.2) is 5.58 Å².